The van der Waals surface area contributed by atoms with Crippen LogP contribution < -0.4 is 10.2 Å². The Morgan fingerprint density at radius 3 is 2.53 bits per heavy atom. The number of hydrogen-bond donors (Lipinski definition) is 1. The summed E-state index contributed by atoms with van der Waals surface area (Å²) >= 11 is 0. The van der Waals surface area contributed by atoms with Crippen LogP contribution in [0.3, 0.4) is 0 Å². The van der Waals surface area contributed by atoms with Crippen molar-refractivity contribution >= 4 is 5.82 Å². The Kier molecular flexibility index (Phi) is 2.29. The molecule has 0 unspecified atom stereocenters. The van der Waals surface area contributed by atoms with Gasteiger partial charge in [-0.05, 0) is 12.8 Å². The Labute approximate surface area is 89.7 Å². The van der Waals surface area contributed by atoms with Gasteiger partial charge in [0.1, 0.15) is 5.82 Å². The lowest BCUT2D eigenvalue weighted by Gasteiger charge is -2.28. The molecule has 4 nitrogen and oxygen atoms in total. The highest BCUT2D eigenvalue weighted by molar-refractivity contribution is 5.37. The first-order valence-electron chi connectivity index (χ1n) is 5.71. The van der Waals surface area contributed by atoms with Crippen molar-refractivity contribution in [3.05, 3.63) is 18.1 Å². The van der Waals surface area contributed by atoms with Crippen LogP contribution in [-0.4, -0.2) is 36.1 Å². The lowest BCUT2D eigenvalue weighted by molar-refractivity contribution is 0.584. The number of nitrogens with one attached hydrogen (secondary N) is 1. The molecule has 2 aliphatic rings. The van der Waals surface area contributed by atoms with Crippen LogP contribution in [0.15, 0.2) is 12.4 Å². The first-order valence-corrected chi connectivity index (χ1v) is 5.71. The summed E-state index contributed by atoms with van der Waals surface area (Å²) in [4.78, 5) is 11.3. The molecule has 3 rings (SSSR count). The molecule has 80 valence electrons. The third kappa shape index (κ3) is 1.95. The Hall–Kier alpha value is -1.16. The number of rotatable bonds is 2. The fourth-order valence-electron chi connectivity index (χ4n) is 1.98. The molecule has 0 aromatic carbocycles. The van der Waals surface area contributed by atoms with Gasteiger partial charge < -0.3 is 10.2 Å². The zero-order valence-electron chi connectivity index (χ0n) is 8.82. The van der Waals surface area contributed by atoms with Crippen LogP contribution in [0.5, 0.6) is 0 Å². The van der Waals surface area contributed by atoms with Gasteiger partial charge in [0.05, 0.1) is 18.1 Å². The Morgan fingerprint density at radius 2 is 1.93 bits per heavy atom. The van der Waals surface area contributed by atoms with E-state index < -0.39 is 0 Å². The van der Waals surface area contributed by atoms with E-state index in [1.807, 2.05) is 12.4 Å². The van der Waals surface area contributed by atoms with Gasteiger partial charge in [-0.15, -0.1) is 0 Å². The summed E-state index contributed by atoms with van der Waals surface area (Å²) in [6, 6.07) is 0. The van der Waals surface area contributed by atoms with Gasteiger partial charge in [-0.2, -0.15) is 0 Å². The molecule has 2 fully saturated rings. The molecule has 1 aromatic rings. The second-order valence-electron chi connectivity index (χ2n) is 4.31. The average molecular weight is 204 g/mol. The average Bonchev–Trinajstić information content (AvgIpc) is 3.15. The van der Waals surface area contributed by atoms with Crippen LogP contribution in [0.2, 0.25) is 0 Å². The van der Waals surface area contributed by atoms with Crippen LogP contribution in [-0.2, 0) is 0 Å². The number of anilines is 1. The largest absolute Gasteiger partial charge is 0.353 e. The van der Waals surface area contributed by atoms with Crippen molar-refractivity contribution in [3.63, 3.8) is 0 Å². The summed E-state index contributed by atoms with van der Waals surface area (Å²) in [6.07, 6.45) is 6.47. The maximum Gasteiger partial charge on any atom is 0.147 e. The molecular weight excluding hydrogens is 188 g/mol. The van der Waals surface area contributed by atoms with E-state index in [1.165, 1.54) is 18.5 Å². The van der Waals surface area contributed by atoms with Crippen LogP contribution in [0.25, 0.3) is 0 Å². The maximum atomic E-state index is 4.50. The Bertz CT molecular complexity index is 325. The van der Waals surface area contributed by atoms with Crippen LogP contribution in [0.4, 0.5) is 5.82 Å². The predicted molar refractivity (Wildman–Crippen MR) is 59.1 cm³/mol. The molecule has 1 saturated carbocycles. The third-order valence-electron chi connectivity index (χ3n) is 3.09. The Morgan fingerprint density at radius 1 is 1.13 bits per heavy atom. The third-order valence-corrected chi connectivity index (χ3v) is 3.09. The molecule has 0 spiro atoms. The lowest BCUT2D eigenvalue weighted by Crippen LogP contribution is -2.43. The second-order valence-corrected chi connectivity index (χ2v) is 4.31. The van der Waals surface area contributed by atoms with E-state index in [-0.39, 0.29) is 0 Å². The molecule has 2 heterocycles. The SMILES string of the molecule is c1nc(N2CCNCC2)cnc1C1CC1. The molecule has 1 aliphatic heterocycles. The van der Waals surface area contributed by atoms with Crippen LogP contribution in [0.1, 0.15) is 24.5 Å². The quantitative estimate of drug-likeness (QED) is 0.772. The van der Waals surface area contributed by atoms with Crippen LogP contribution >= 0.6 is 0 Å². The number of hydrogen-bond acceptors (Lipinski definition) is 4. The minimum Gasteiger partial charge on any atom is -0.353 e. The van der Waals surface area contributed by atoms with Gasteiger partial charge in [-0.3, -0.25) is 4.98 Å². The molecule has 1 aromatic heterocycles. The van der Waals surface area contributed by atoms with Gasteiger partial charge in [0.15, 0.2) is 0 Å². The normalized spacial score (nSPS) is 21.7. The highest BCUT2D eigenvalue weighted by Crippen LogP contribution is 2.38. The fraction of sp³-hybridized carbons (Fsp3) is 0.636. The van der Waals surface area contributed by atoms with Gasteiger partial charge in [0, 0.05) is 32.1 Å². The molecule has 0 atom stereocenters. The number of nitrogens with zero attached hydrogens (tertiary/aromatic N) is 3. The van der Waals surface area contributed by atoms with Gasteiger partial charge in [-0.1, -0.05) is 0 Å². The molecule has 4 heteroatoms. The minimum absolute atomic E-state index is 0.703. The lowest BCUT2D eigenvalue weighted by atomic mass is 10.3. The number of piperazine rings is 1. The maximum absolute atomic E-state index is 4.50. The number of aromatic nitrogens is 2. The second kappa shape index (κ2) is 3.77. The monoisotopic (exact) mass is 204 g/mol. The molecule has 15 heavy (non-hydrogen) atoms. The van der Waals surface area contributed by atoms with Crippen LogP contribution in [0, 0.1) is 0 Å². The summed E-state index contributed by atoms with van der Waals surface area (Å²) < 4.78 is 0. The van der Waals surface area contributed by atoms with Crippen molar-refractivity contribution in [2.75, 3.05) is 31.1 Å². The molecule has 0 bridgehead atoms. The van der Waals surface area contributed by atoms with Crippen molar-refractivity contribution in [2.24, 2.45) is 0 Å². The highest BCUT2D eigenvalue weighted by atomic mass is 15.2. The van der Waals surface area contributed by atoms with Gasteiger partial charge in [-0.25, -0.2) is 4.98 Å². The molecule has 1 aliphatic carbocycles. The standard InChI is InChI=1S/C11H16N4/c1-2-9(1)10-7-14-11(8-13-10)15-5-3-12-4-6-15/h7-9,12H,1-6H2. The van der Waals surface area contributed by atoms with Gasteiger partial charge >= 0.3 is 0 Å². The van der Waals surface area contributed by atoms with Crippen molar-refractivity contribution in [1.29, 1.82) is 0 Å². The fourth-order valence-corrected chi connectivity index (χ4v) is 1.98. The zero-order valence-corrected chi connectivity index (χ0v) is 8.82. The first kappa shape index (κ1) is 9.09. The van der Waals surface area contributed by atoms with E-state index in [2.05, 4.69) is 20.2 Å². The molecule has 1 saturated heterocycles. The smallest absolute Gasteiger partial charge is 0.147 e. The summed E-state index contributed by atoms with van der Waals surface area (Å²) in [5.41, 5.74) is 1.17. The highest BCUT2D eigenvalue weighted by Gasteiger charge is 2.25. The zero-order chi connectivity index (χ0) is 10.1. The predicted octanol–water partition coefficient (Wildman–Crippen LogP) is 0.764. The van der Waals surface area contributed by atoms with Gasteiger partial charge in [0.2, 0.25) is 0 Å². The Balaban J connectivity index is 1.73. The van der Waals surface area contributed by atoms with Crippen molar-refractivity contribution in [2.45, 2.75) is 18.8 Å². The van der Waals surface area contributed by atoms with E-state index >= 15 is 0 Å². The topological polar surface area (TPSA) is 41.1 Å². The van der Waals surface area contributed by atoms with E-state index in [9.17, 15) is 0 Å². The molecule has 0 amide bonds. The van der Waals surface area contributed by atoms with E-state index in [0.29, 0.717) is 5.92 Å². The molecular formula is C11H16N4. The summed E-state index contributed by atoms with van der Waals surface area (Å²) in [5.74, 6) is 1.73. The minimum atomic E-state index is 0.703. The van der Waals surface area contributed by atoms with Crippen molar-refractivity contribution in [3.8, 4) is 0 Å². The van der Waals surface area contributed by atoms with Crippen molar-refractivity contribution < 1.29 is 0 Å². The molecule has 0 radical (unpaired) electrons. The van der Waals surface area contributed by atoms with Gasteiger partial charge in [0.25, 0.3) is 0 Å². The molecule has 1 N–H and O–H groups in total. The van der Waals surface area contributed by atoms with E-state index in [4.69, 9.17) is 0 Å². The van der Waals surface area contributed by atoms with Crippen molar-refractivity contribution in [1.82, 2.24) is 15.3 Å². The first-order chi connectivity index (χ1) is 7.43. The van der Waals surface area contributed by atoms with E-state index in [0.717, 1.165) is 32.0 Å². The summed E-state index contributed by atoms with van der Waals surface area (Å²) in [5, 5.41) is 3.33. The summed E-state index contributed by atoms with van der Waals surface area (Å²) in [6.45, 7) is 4.17. The summed E-state index contributed by atoms with van der Waals surface area (Å²) in [7, 11) is 0. The van der Waals surface area contributed by atoms with E-state index in [1.54, 1.807) is 0 Å².